The summed E-state index contributed by atoms with van der Waals surface area (Å²) in [5, 5.41) is 8.58. The van der Waals surface area contributed by atoms with Crippen molar-refractivity contribution >= 4 is 50.1 Å². The number of fused-ring (bicyclic) bond motifs is 2. The van der Waals surface area contributed by atoms with Gasteiger partial charge in [-0.2, -0.15) is 0 Å². The second-order valence-corrected chi connectivity index (χ2v) is 16.4. The van der Waals surface area contributed by atoms with Gasteiger partial charge in [0.15, 0.2) is 0 Å². The molecule has 3 aromatic rings. The molecule has 49 heavy (non-hydrogen) atoms. The lowest BCUT2D eigenvalue weighted by molar-refractivity contribution is -0.131. The van der Waals surface area contributed by atoms with Crippen LogP contribution in [0.4, 0.5) is 4.79 Å². The van der Waals surface area contributed by atoms with Crippen molar-refractivity contribution in [3.63, 3.8) is 0 Å². The number of hydrogen-bond acceptors (Lipinski definition) is 10. The van der Waals surface area contributed by atoms with Crippen LogP contribution in [0.25, 0.3) is 21.6 Å². The molecule has 7 rings (SSSR count). The van der Waals surface area contributed by atoms with Crippen LogP contribution >= 0.6 is 11.3 Å². The molecular formula is C34H40N6O7S2. The molecule has 2 aliphatic heterocycles. The first-order chi connectivity index (χ1) is 23.4. The Balaban J connectivity index is 1.20. The van der Waals surface area contributed by atoms with Crippen LogP contribution in [0.2, 0.25) is 0 Å². The maximum absolute atomic E-state index is 14.0. The zero-order valence-electron chi connectivity index (χ0n) is 27.8. The number of methoxy groups -OCH3 is 1. The number of sulfonamides is 1. The van der Waals surface area contributed by atoms with Gasteiger partial charge in [0.25, 0.3) is 5.91 Å². The number of aromatic nitrogens is 2. The molecule has 0 spiro atoms. The summed E-state index contributed by atoms with van der Waals surface area (Å²) in [5.74, 6) is -0.320. The van der Waals surface area contributed by atoms with Gasteiger partial charge in [-0.1, -0.05) is 19.9 Å². The Morgan fingerprint density at radius 2 is 1.98 bits per heavy atom. The molecular weight excluding hydrogens is 669 g/mol. The number of hydrogen-bond donors (Lipinski definition) is 3. The Kier molecular flexibility index (Phi) is 8.33. The number of pyridine rings is 1. The lowest BCUT2D eigenvalue weighted by Gasteiger charge is -2.35. The van der Waals surface area contributed by atoms with Gasteiger partial charge < -0.3 is 25.0 Å². The predicted molar refractivity (Wildman–Crippen MR) is 184 cm³/mol. The van der Waals surface area contributed by atoms with Crippen LogP contribution in [-0.2, 0) is 19.6 Å². The van der Waals surface area contributed by atoms with Crippen LogP contribution in [0.15, 0.2) is 36.2 Å². The largest absolute Gasteiger partial charge is 0.496 e. The highest BCUT2D eigenvalue weighted by atomic mass is 32.2. The minimum Gasteiger partial charge on any atom is -0.496 e. The number of carbonyl (C=O) groups excluding carboxylic acids is 3. The highest BCUT2D eigenvalue weighted by Crippen LogP contribution is 2.46. The monoisotopic (exact) mass is 708 g/mol. The number of carbonyl (C=O) groups is 3. The predicted octanol–water partition coefficient (Wildman–Crippen LogP) is 3.77. The maximum Gasteiger partial charge on any atom is 0.318 e. The molecule has 3 N–H and O–H groups in total. The Morgan fingerprint density at radius 1 is 1.20 bits per heavy atom. The molecule has 0 unspecified atom stereocenters. The SMILES string of the molecule is C=C[C@@H]1C[C@]1(NC(=O)[C@@H]1C[C@@H](Oc2cc(-c3nc(C(C)C)cs3)nc3c(C)c(OC)ccc23)[C@H]2CCNC(=O)N21)C(=O)NS(=O)(=O)C1CC1. The topological polar surface area (TPSA) is 169 Å². The molecule has 0 bridgehead atoms. The van der Waals surface area contributed by atoms with Crippen LogP contribution in [0.5, 0.6) is 11.5 Å². The number of nitrogens with zero attached hydrogens (tertiary/aromatic N) is 3. The molecule has 13 nitrogen and oxygen atoms in total. The van der Waals surface area contributed by atoms with E-state index in [1.807, 2.05) is 30.5 Å². The van der Waals surface area contributed by atoms with Gasteiger partial charge >= 0.3 is 6.03 Å². The van der Waals surface area contributed by atoms with Gasteiger partial charge in [-0.15, -0.1) is 17.9 Å². The molecule has 15 heteroatoms. The number of thiazole rings is 1. The lowest BCUT2D eigenvalue weighted by atomic mass is 10.0. The third-order valence-electron chi connectivity index (χ3n) is 10.1. The van der Waals surface area contributed by atoms with E-state index in [4.69, 9.17) is 19.4 Å². The maximum atomic E-state index is 14.0. The van der Waals surface area contributed by atoms with E-state index in [9.17, 15) is 22.8 Å². The van der Waals surface area contributed by atoms with Crippen molar-refractivity contribution in [3.05, 3.63) is 47.5 Å². The van der Waals surface area contributed by atoms with Gasteiger partial charge in [0, 0.05) is 41.3 Å². The summed E-state index contributed by atoms with van der Waals surface area (Å²) in [6.07, 6.45) is 2.85. The Hall–Kier alpha value is -4.24. The van der Waals surface area contributed by atoms with E-state index in [2.05, 4.69) is 35.8 Å². The minimum absolute atomic E-state index is 0.157. The quantitative estimate of drug-likeness (QED) is 0.251. The van der Waals surface area contributed by atoms with Gasteiger partial charge in [-0.3, -0.25) is 14.3 Å². The fourth-order valence-corrected chi connectivity index (χ4v) is 9.26. The molecule has 260 valence electrons. The van der Waals surface area contributed by atoms with Gasteiger partial charge in [0.05, 0.1) is 29.6 Å². The first-order valence-electron chi connectivity index (χ1n) is 16.5. The molecule has 4 amide bonds. The molecule has 0 radical (unpaired) electrons. The van der Waals surface area contributed by atoms with E-state index >= 15 is 0 Å². The van der Waals surface area contributed by atoms with Crippen molar-refractivity contribution in [2.24, 2.45) is 5.92 Å². The Bertz CT molecular complexity index is 1980. The Morgan fingerprint density at radius 3 is 2.63 bits per heavy atom. The molecule has 2 saturated carbocycles. The summed E-state index contributed by atoms with van der Waals surface area (Å²) in [7, 11) is -2.23. The number of benzene rings is 1. The fourth-order valence-electron chi connectivity index (χ4n) is 6.95. The fraction of sp³-hybridized carbons (Fsp3) is 0.500. The molecule has 2 saturated heterocycles. The van der Waals surface area contributed by atoms with Crippen molar-refractivity contribution in [1.82, 2.24) is 30.2 Å². The van der Waals surface area contributed by atoms with E-state index in [1.54, 1.807) is 7.11 Å². The summed E-state index contributed by atoms with van der Waals surface area (Å²) >= 11 is 1.50. The number of nitrogens with one attached hydrogen (secondary N) is 3. The van der Waals surface area contributed by atoms with Crippen molar-refractivity contribution in [3.8, 4) is 22.2 Å². The summed E-state index contributed by atoms with van der Waals surface area (Å²) < 4.78 is 39.7. The van der Waals surface area contributed by atoms with Gasteiger partial charge in [-0.05, 0) is 50.7 Å². The number of rotatable bonds is 11. The van der Waals surface area contributed by atoms with Crippen molar-refractivity contribution in [1.29, 1.82) is 0 Å². The molecule has 4 heterocycles. The third-order valence-corrected chi connectivity index (χ3v) is 12.8. The highest BCUT2D eigenvalue weighted by molar-refractivity contribution is 7.91. The first-order valence-corrected chi connectivity index (χ1v) is 19.0. The summed E-state index contributed by atoms with van der Waals surface area (Å²) in [6, 6.07) is 3.80. The van der Waals surface area contributed by atoms with Crippen LogP contribution < -0.4 is 24.8 Å². The molecule has 2 aliphatic carbocycles. The number of urea groups is 1. The van der Waals surface area contributed by atoms with E-state index < -0.39 is 62.8 Å². The van der Waals surface area contributed by atoms with E-state index in [0.717, 1.165) is 21.7 Å². The van der Waals surface area contributed by atoms with Crippen molar-refractivity contribution < 1.29 is 32.3 Å². The Labute approximate surface area is 288 Å². The average Bonchev–Trinajstić information content (AvgIpc) is 3.96. The zero-order chi connectivity index (χ0) is 34.8. The molecule has 2 aromatic heterocycles. The highest BCUT2D eigenvalue weighted by Gasteiger charge is 2.62. The van der Waals surface area contributed by atoms with E-state index in [-0.39, 0.29) is 18.8 Å². The first kappa shape index (κ1) is 33.3. The summed E-state index contributed by atoms with van der Waals surface area (Å²) in [6.45, 7) is 10.3. The van der Waals surface area contributed by atoms with Gasteiger partial charge in [0.1, 0.15) is 39.9 Å². The van der Waals surface area contributed by atoms with Crippen LogP contribution in [-0.4, -0.2) is 83.8 Å². The minimum atomic E-state index is -3.84. The second-order valence-electron chi connectivity index (χ2n) is 13.6. The van der Waals surface area contributed by atoms with Gasteiger partial charge in [0.2, 0.25) is 15.9 Å². The second kappa shape index (κ2) is 12.3. The zero-order valence-corrected chi connectivity index (χ0v) is 29.4. The molecule has 4 fully saturated rings. The number of amides is 4. The lowest BCUT2D eigenvalue weighted by Crippen LogP contribution is -2.60. The average molecular weight is 709 g/mol. The van der Waals surface area contributed by atoms with Crippen molar-refractivity contribution in [2.45, 2.75) is 87.8 Å². The number of aryl methyl sites for hydroxylation is 1. The van der Waals surface area contributed by atoms with Crippen LogP contribution in [0, 0.1) is 12.8 Å². The van der Waals surface area contributed by atoms with E-state index in [1.165, 1.54) is 22.3 Å². The third kappa shape index (κ3) is 5.90. The number of ether oxygens (including phenoxy) is 2. The van der Waals surface area contributed by atoms with E-state index in [0.29, 0.717) is 48.5 Å². The summed E-state index contributed by atoms with van der Waals surface area (Å²) in [5.41, 5.74) is 1.67. The molecule has 4 aliphatic rings. The smallest absolute Gasteiger partial charge is 0.318 e. The summed E-state index contributed by atoms with van der Waals surface area (Å²) in [4.78, 5) is 51.9. The molecule has 1 aromatic carbocycles. The van der Waals surface area contributed by atoms with Gasteiger partial charge in [-0.25, -0.2) is 23.2 Å². The standard InChI is InChI=1S/C34H40N6O7S2/c1-6-19-15-34(19,32(42)39-49(44,45)20-7-8-20)38-30(41)25-14-28(24-11-12-35-33(43)40(24)25)47-27-13-22(31-37-23(16-48-31)17(2)3)36-29-18(4)26(46-5)10-9-21(27)29/h6,9-10,13,16-17,19-20,24-25,28H,1,7-8,11-12,14-15H2,2-5H3,(H,35,43)(H,38,41)(H,39,42)/t19-,24-,25+,28-,34-/m1/s1. The molecule has 5 atom stereocenters. The normalized spacial score (nSPS) is 26.2. The van der Waals surface area contributed by atoms with Crippen molar-refractivity contribution in [2.75, 3.05) is 13.7 Å². The van der Waals surface area contributed by atoms with Crippen LogP contribution in [0.1, 0.15) is 63.1 Å². The van der Waals surface area contributed by atoms with Crippen LogP contribution in [0.3, 0.4) is 0 Å².